The van der Waals surface area contributed by atoms with E-state index in [9.17, 15) is 9.59 Å². The molecule has 0 aliphatic carbocycles. The standard InChI is InChI=1S/C20H20N2O3/c1-15(21-19(23)12-7-16-5-3-2-4-6-16)17-8-10-18(11-9-17)22-13-14-25-20(22)24/h2-12,15H,13-14H2,1H3,(H,21,23)/b12-7+. The van der Waals surface area contributed by atoms with Crippen molar-refractivity contribution >= 4 is 23.8 Å². The second-order valence-electron chi connectivity index (χ2n) is 5.83. The highest BCUT2D eigenvalue weighted by Crippen LogP contribution is 2.21. The summed E-state index contributed by atoms with van der Waals surface area (Å²) < 4.78 is 4.94. The van der Waals surface area contributed by atoms with Crippen molar-refractivity contribution in [1.29, 1.82) is 0 Å². The van der Waals surface area contributed by atoms with Gasteiger partial charge < -0.3 is 10.1 Å². The molecule has 0 aromatic heterocycles. The summed E-state index contributed by atoms with van der Waals surface area (Å²) in [4.78, 5) is 25.2. The van der Waals surface area contributed by atoms with Gasteiger partial charge in [-0.05, 0) is 36.3 Å². The van der Waals surface area contributed by atoms with E-state index in [-0.39, 0.29) is 18.0 Å². The molecule has 1 aliphatic rings. The number of ether oxygens (including phenoxy) is 1. The quantitative estimate of drug-likeness (QED) is 0.850. The molecule has 0 bridgehead atoms. The lowest BCUT2D eigenvalue weighted by Crippen LogP contribution is -2.25. The van der Waals surface area contributed by atoms with Crippen LogP contribution >= 0.6 is 0 Å². The van der Waals surface area contributed by atoms with Crippen LogP contribution in [0.4, 0.5) is 10.5 Å². The number of hydrogen-bond donors (Lipinski definition) is 1. The van der Waals surface area contributed by atoms with E-state index in [1.54, 1.807) is 11.0 Å². The lowest BCUT2D eigenvalue weighted by Gasteiger charge is -2.16. The van der Waals surface area contributed by atoms with Gasteiger partial charge in [-0.25, -0.2) is 4.79 Å². The van der Waals surface area contributed by atoms with Crippen molar-refractivity contribution in [1.82, 2.24) is 5.32 Å². The molecule has 3 rings (SSSR count). The van der Waals surface area contributed by atoms with E-state index in [1.165, 1.54) is 6.08 Å². The van der Waals surface area contributed by atoms with Gasteiger partial charge in [-0.2, -0.15) is 0 Å². The molecule has 0 radical (unpaired) electrons. The van der Waals surface area contributed by atoms with Gasteiger partial charge in [-0.15, -0.1) is 0 Å². The molecular formula is C20H20N2O3. The number of nitrogens with one attached hydrogen (secondary N) is 1. The van der Waals surface area contributed by atoms with Gasteiger partial charge in [0.15, 0.2) is 0 Å². The SMILES string of the molecule is CC(NC(=O)/C=C/c1ccccc1)c1ccc(N2CCOC2=O)cc1. The van der Waals surface area contributed by atoms with E-state index >= 15 is 0 Å². The maximum Gasteiger partial charge on any atom is 0.414 e. The topological polar surface area (TPSA) is 58.6 Å². The first-order valence-corrected chi connectivity index (χ1v) is 8.21. The number of amides is 2. The zero-order valence-corrected chi connectivity index (χ0v) is 14.0. The fourth-order valence-corrected chi connectivity index (χ4v) is 2.65. The van der Waals surface area contributed by atoms with Crippen molar-refractivity contribution in [3.05, 3.63) is 71.8 Å². The van der Waals surface area contributed by atoms with Crippen molar-refractivity contribution in [3.63, 3.8) is 0 Å². The number of rotatable bonds is 5. The third-order valence-electron chi connectivity index (χ3n) is 4.05. The van der Waals surface area contributed by atoms with E-state index in [1.807, 2.05) is 61.5 Å². The molecule has 2 aromatic carbocycles. The molecule has 2 aromatic rings. The Bertz CT molecular complexity index is 769. The van der Waals surface area contributed by atoms with Gasteiger partial charge in [0.25, 0.3) is 0 Å². The minimum absolute atomic E-state index is 0.132. The van der Waals surface area contributed by atoms with Crippen molar-refractivity contribution in [2.45, 2.75) is 13.0 Å². The molecule has 0 spiro atoms. The average molecular weight is 336 g/mol. The summed E-state index contributed by atoms with van der Waals surface area (Å²) in [6.07, 6.45) is 2.99. The number of anilines is 1. The normalized spacial score (nSPS) is 15.2. The van der Waals surface area contributed by atoms with E-state index < -0.39 is 0 Å². The smallest absolute Gasteiger partial charge is 0.414 e. The first-order chi connectivity index (χ1) is 12.1. The van der Waals surface area contributed by atoms with Crippen LogP contribution in [0, 0.1) is 0 Å². The highest BCUT2D eigenvalue weighted by atomic mass is 16.6. The largest absolute Gasteiger partial charge is 0.447 e. The summed E-state index contributed by atoms with van der Waals surface area (Å²) in [7, 11) is 0. The number of cyclic esters (lactones) is 1. The van der Waals surface area contributed by atoms with Crippen LogP contribution in [-0.4, -0.2) is 25.2 Å². The lowest BCUT2D eigenvalue weighted by molar-refractivity contribution is -0.117. The number of hydrogen-bond acceptors (Lipinski definition) is 3. The van der Waals surface area contributed by atoms with Crippen molar-refractivity contribution in [3.8, 4) is 0 Å². The molecule has 25 heavy (non-hydrogen) atoms. The Morgan fingerprint density at radius 3 is 2.52 bits per heavy atom. The molecule has 1 unspecified atom stereocenters. The van der Waals surface area contributed by atoms with Crippen LogP contribution in [0.15, 0.2) is 60.7 Å². The Labute approximate surface area is 146 Å². The average Bonchev–Trinajstić information content (AvgIpc) is 3.07. The van der Waals surface area contributed by atoms with E-state index in [4.69, 9.17) is 4.74 Å². The fourth-order valence-electron chi connectivity index (χ4n) is 2.65. The second kappa shape index (κ2) is 7.66. The van der Waals surface area contributed by atoms with E-state index in [0.717, 1.165) is 16.8 Å². The Balaban J connectivity index is 1.59. The number of benzene rings is 2. The summed E-state index contributed by atoms with van der Waals surface area (Å²) in [6.45, 7) is 2.91. The monoisotopic (exact) mass is 336 g/mol. The highest BCUT2D eigenvalue weighted by Gasteiger charge is 2.23. The third-order valence-corrected chi connectivity index (χ3v) is 4.05. The minimum Gasteiger partial charge on any atom is -0.447 e. The molecule has 2 amide bonds. The Hall–Kier alpha value is -3.08. The Kier molecular flexibility index (Phi) is 5.14. The highest BCUT2D eigenvalue weighted by molar-refractivity contribution is 5.92. The maximum atomic E-state index is 12.1. The van der Waals surface area contributed by atoms with Crippen LogP contribution in [-0.2, 0) is 9.53 Å². The van der Waals surface area contributed by atoms with Gasteiger partial charge in [0.1, 0.15) is 6.61 Å². The van der Waals surface area contributed by atoms with Crippen LogP contribution in [0.2, 0.25) is 0 Å². The molecule has 128 valence electrons. The fraction of sp³-hybridized carbons (Fsp3) is 0.200. The van der Waals surface area contributed by atoms with Crippen LogP contribution in [0.5, 0.6) is 0 Å². The summed E-state index contributed by atoms with van der Waals surface area (Å²) in [5, 5.41) is 2.93. The number of carbonyl (C=O) groups excluding carboxylic acids is 2. The van der Waals surface area contributed by atoms with E-state index in [0.29, 0.717) is 13.2 Å². The van der Waals surface area contributed by atoms with Crippen molar-refractivity contribution in [2.75, 3.05) is 18.1 Å². The third kappa shape index (κ3) is 4.26. The Morgan fingerprint density at radius 2 is 1.88 bits per heavy atom. The van der Waals surface area contributed by atoms with Gasteiger partial charge in [0.05, 0.1) is 12.6 Å². The summed E-state index contributed by atoms with van der Waals surface area (Å²) >= 11 is 0. The second-order valence-corrected chi connectivity index (χ2v) is 5.83. The molecule has 0 saturated carbocycles. The summed E-state index contributed by atoms with van der Waals surface area (Å²) in [5.74, 6) is -0.149. The van der Waals surface area contributed by atoms with Crippen molar-refractivity contribution in [2.24, 2.45) is 0 Å². The molecular weight excluding hydrogens is 316 g/mol. The molecule has 1 fully saturated rings. The van der Waals surface area contributed by atoms with Gasteiger partial charge in [0, 0.05) is 11.8 Å². The van der Waals surface area contributed by atoms with Gasteiger partial charge in [-0.3, -0.25) is 9.69 Å². The van der Waals surface area contributed by atoms with Gasteiger partial charge >= 0.3 is 6.09 Å². The van der Waals surface area contributed by atoms with Gasteiger partial charge in [-0.1, -0.05) is 42.5 Å². The molecule has 1 saturated heterocycles. The van der Waals surface area contributed by atoms with Crippen LogP contribution in [0.1, 0.15) is 24.1 Å². The lowest BCUT2D eigenvalue weighted by atomic mass is 10.1. The Morgan fingerprint density at radius 1 is 1.16 bits per heavy atom. The van der Waals surface area contributed by atoms with Crippen molar-refractivity contribution < 1.29 is 14.3 Å². The summed E-state index contributed by atoms with van der Waals surface area (Å²) in [6, 6.07) is 17.1. The van der Waals surface area contributed by atoms with E-state index in [2.05, 4.69) is 5.32 Å². The van der Waals surface area contributed by atoms with Crippen LogP contribution in [0.3, 0.4) is 0 Å². The molecule has 1 heterocycles. The summed E-state index contributed by atoms with van der Waals surface area (Å²) in [5.41, 5.74) is 2.75. The first kappa shape index (κ1) is 16.8. The zero-order chi connectivity index (χ0) is 17.6. The predicted octanol–water partition coefficient (Wildman–Crippen LogP) is 3.53. The van der Waals surface area contributed by atoms with Crippen LogP contribution < -0.4 is 10.2 Å². The number of nitrogens with zero attached hydrogens (tertiary/aromatic N) is 1. The molecule has 1 atom stereocenters. The molecule has 5 nitrogen and oxygen atoms in total. The van der Waals surface area contributed by atoms with Gasteiger partial charge in [0.2, 0.25) is 5.91 Å². The molecule has 1 aliphatic heterocycles. The zero-order valence-electron chi connectivity index (χ0n) is 14.0. The first-order valence-electron chi connectivity index (χ1n) is 8.21. The predicted molar refractivity (Wildman–Crippen MR) is 97.2 cm³/mol. The maximum absolute atomic E-state index is 12.1. The molecule has 1 N–H and O–H groups in total. The number of carbonyl (C=O) groups is 2. The molecule has 5 heteroatoms. The van der Waals surface area contributed by atoms with Crippen LogP contribution in [0.25, 0.3) is 6.08 Å². The minimum atomic E-state index is -0.319.